The van der Waals surface area contributed by atoms with E-state index in [4.69, 9.17) is 18.0 Å². The Kier molecular flexibility index (Phi) is 8.13. The SMILES string of the molecule is CCCN(CCN1CC(C(=O)OC)CC1=O)[Si](OC)(OC)OC. The van der Waals surface area contributed by atoms with Crippen molar-refractivity contribution >= 4 is 20.8 Å². The summed E-state index contributed by atoms with van der Waals surface area (Å²) in [6.45, 7) is 4.25. The highest BCUT2D eigenvalue weighted by Gasteiger charge is 2.46. The molecule has 1 atom stereocenters. The Morgan fingerprint density at radius 3 is 2.30 bits per heavy atom. The van der Waals surface area contributed by atoms with Gasteiger partial charge in [-0.1, -0.05) is 6.92 Å². The second-order valence-electron chi connectivity index (χ2n) is 5.39. The Labute approximate surface area is 139 Å². The van der Waals surface area contributed by atoms with Crippen molar-refractivity contribution in [1.82, 2.24) is 9.47 Å². The largest absolute Gasteiger partial charge is 0.598 e. The maximum absolute atomic E-state index is 12.1. The predicted molar refractivity (Wildman–Crippen MR) is 85.3 cm³/mol. The van der Waals surface area contributed by atoms with Gasteiger partial charge in [-0.15, -0.1) is 0 Å². The molecule has 0 spiro atoms. The molecule has 1 rings (SSSR count). The fourth-order valence-electron chi connectivity index (χ4n) is 2.85. The smallest absolute Gasteiger partial charge is 0.469 e. The fourth-order valence-corrected chi connectivity index (χ4v) is 4.99. The van der Waals surface area contributed by atoms with E-state index in [1.54, 1.807) is 26.2 Å². The van der Waals surface area contributed by atoms with E-state index in [0.717, 1.165) is 13.0 Å². The summed E-state index contributed by atoms with van der Waals surface area (Å²) in [5.41, 5.74) is 0. The van der Waals surface area contributed by atoms with Crippen LogP contribution in [0.1, 0.15) is 19.8 Å². The Bertz CT molecular complexity index is 396. The molecule has 0 aromatic heterocycles. The quantitative estimate of drug-likeness (QED) is 0.409. The van der Waals surface area contributed by atoms with E-state index in [2.05, 4.69) is 6.92 Å². The average molecular weight is 348 g/mol. The first-order chi connectivity index (χ1) is 11.0. The van der Waals surface area contributed by atoms with E-state index in [-0.39, 0.29) is 24.2 Å². The Balaban J connectivity index is 2.68. The first kappa shape index (κ1) is 20.0. The average Bonchev–Trinajstić information content (AvgIpc) is 2.94. The van der Waals surface area contributed by atoms with E-state index in [0.29, 0.717) is 19.6 Å². The third-order valence-corrected chi connectivity index (χ3v) is 6.81. The Morgan fingerprint density at radius 1 is 1.22 bits per heavy atom. The van der Waals surface area contributed by atoms with Gasteiger partial charge in [0.1, 0.15) is 0 Å². The minimum Gasteiger partial charge on any atom is -0.469 e. The maximum atomic E-state index is 12.1. The van der Waals surface area contributed by atoms with Gasteiger partial charge in [0.2, 0.25) is 5.91 Å². The van der Waals surface area contributed by atoms with Gasteiger partial charge in [-0.2, -0.15) is 0 Å². The number of carbonyl (C=O) groups is 2. The molecule has 1 heterocycles. The molecule has 0 radical (unpaired) electrons. The normalized spacial score (nSPS) is 18.8. The standard InChI is InChI=1S/C14H28N2O6Si/c1-6-7-16(23(20-3,21-4)22-5)9-8-15-11-12(10-13(15)17)14(18)19-2/h12H,6-11H2,1-5H3. The van der Waals surface area contributed by atoms with Crippen LogP contribution >= 0.6 is 0 Å². The van der Waals surface area contributed by atoms with Gasteiger partial charge in [0.25, 0.3) is 0 Å². The lowest BCUT2D eigenvalue weighted by Gasteiger charge is -2.36. The van der Waals surface area contributed by atoms with Crippen molar-refractivity contribution in [3.63, 3.8) is 0 Å². The summed E-state index contributed by atoms with van der Waals surface area (Å²) >= 11 is 0. The molecule has 1 fully saturated rings. The molecule has 0 aromatic rings. The Hall–Kier alpha value is -1.00. The molecule has 0 N–H and O–H groups in total. The highest BCUT2D eigenvalue weighted by atomic mass is 28.4. The zero-order chi connectivity index (χ0) is 17.5. The molecular weight excluding hydrogens is 320 g/mol. The predicted octanol–water partition coefficient (Wildman–Crippen LogP) is 0.0947. The molecule has 134 valence electrons. The van der Waals surface area contributed by atoms with Gasteiger partial charge >= 0.3 is 14.9 Å². The van der Waals surface area contributed by atoms with Gasteiger partial charge in [-0.3, -0.25) is 14.2 Å². The van der Waals surface area contributed by atoms with Gasteiger partial charge in [0, 0.05) is 47.4 Å². The van der Waals surface area contributed by atoms with Crippen LogP contribution in [0.4, 0.5) is 0 Å². The highest BCUT2D eigenvalue weighted by Crippen LogP contribution is 2.20. The van der Waals surface area contributed by atoms with Crippen LogP contribution in [-0.4, -0.2) is 84.9 Å². The molecule has 8 nitrogen and oxygen atoms in total. The Morgan fingerprint density at radius 2 is 1.83 bits per heavy atom. The summed E-state index contributed by atoms with van der Waals surface area (Å²) in [7, 11) is 3.13. The number of carbonyl (C=O) groups excluding carboxylic acids is 2. The minimum atomic E-state index is -2.90. The highest BCUT2D eigenvalue weighted by molar-refractivity contribution is 6.57. The number of methoxy groups -OCH3 is 1. The number of ether oxygens (including phenoxy) is 1. The van der Waals surface area contributed by atoms with Crippen LogP contribution in [0.2, 0.25) is 0 Å². The molecule has 0 aliphatic carbocycles. The summed E-state index contributed by atoms with van der Waals surface area (Å²) in [6, 6.07) is 0. The molecular formula is C14H28N2O6Si. The third-order valence-electron chi connectivity index (χ3n) is 4.04. The van der Waals surface area contributed by atoms with Gasteiger partial charge in [-0.25, -0.2) is 0 Å². The van der Waals surface area contributed by atoms with Gasteiger partial charge in [-0.05, 0) is 13.0 Å². The third kappa shape index (κ3) is 4.74. The van der Waals surface area contributed by atoms with E-state index < -0.39 is 8.97 Å². The van der Waals surface area contributed by atoms with Crippen molar-refractivity contribution in [2.75, 3.05) is 54.6 Å². The van der Waals surface area contributed by atoms with Crippen LogP contribution in [-0.2, 0) is 27.6 Å². The molecule has 1 amide bonds. The summed E-state index contributed by atoms with van der Waals surface area (Å²) < 4.78 is 23.3. The van der Waals surface area contributed by atoms with Crippen LogP contribution in [0.5, 0.6) is 0 Å². The van der Waals surface area contributed by atoms with Crippen LogP contribution in [0.3, 0.4) is 0 Å². The van der Waals surface area contributed by atoms with E-state index in [9.17, 15) is 9.59 Å². The lowest BCUT2D eigenvalue weighted by molar-refractivity contribution is -0.145. The molecule has 9 heteroatoms. The number of likely N-dealkylation sites (tertiary alicyclic amines) is 1. The van der Waals surface area contributed by atoms with Crippen molar-refractivity contribution in [2.45, 2.75) is 19.8 Å². The number of amides is 1. The van der Waals surface area contributed by atoms with E-state index >= 15 is 0 Å². The zero-order valence-electron chi connectivity index (χ0n) is 14.7. The van der Waals surface area contributed by atoms with Crippen molar-refractivity contribution in [1.29, 1.82) is 0 Å². The van der Waals surface area contributed by atoms with Gasteiger partial charge < -0.3 is 22.9 Å². The molecule has 0 saturated carbocycles. The second-order valence-corrected chi connectivity index (χ2v) is 8.29. The lowest BCUT2D eigenvalue weighted by atomic mass is 10.1. The summed E-state index contributed by atoms with van der Waals surface area (Å²) in [5, 5.41) is 0. The topological polar surface area (TPSA) is 77.5 Å². The number of esters is 1. The minimum absolute atomic E-state index is 0.0311. The summed E-state index contributed by atoms with van der Waals surface area (Å²) in [5.74, 6) is -0.738. The van der Waals surface area contributed by atoms with Gasteiger partial charge in [0.05, 0.1) is 13.0 Å². The van der Waals surface area contributed by atoms with E-state index in [1.165, 1.54) is 7.11 Å². The monoisotopic (exact) mass is 348 g/mol. The van der Waals surface area contributed by atoms with Crippen molar-refractivity contribution < 1.29 is 27.6 Å². The number of rotatable bonds is 10. The lowest BCUT2D eigenvalue weighted by Crippen LogP contribution is -2.61. The number of hydrogen-bond acceptors (Lipinski definition) is 7. The molecule has 23 heavy (non-hydrogen) atoms. The molecule has 1 aliphatic heterocycles. The second kappa shape index (κ2) is 9.33. The van der Waals surface area contributed by atoms with Crippen molar-refractivity contribution in [2.24, 2.45) is 5.92 Å². The first-order valence-corrected chi connectivity index (χ1v) is 9.41. The van der Waals surface area contributed by atoms with Crippen molar-refractivity contribution in [3.05, 3.63) is 0 Å². The molecule has 0 aromatic carbocycles. The molecule has 1 saturated heterocycles. The van der Waals surface area contributed by atoms with Crippen LogP contribution in [0, 0.1) is 5.92 Å². The summed E-state index contributed by atoms with van der Waals surface area (Å²) in [6.07, 6.45) is 1.12. The summed E-state index contributed by atoms with van der Waals surface area (Å²) in [4.78, 5) is 25.3. The fraction of sp³-hybridized carbons (Fsp3) is 0.857. The first-order valence-electron chi connectivity index (χ1n) is 7.74. The number of nitrogens with zero attached hydrogens (tertiary/aromatic N) is 2. The number of hydrogen-bond donors (Lipinski definition) is 0. The van der Waals surface area contributed by atoms with E-state index in [1.807, 2.05) is 4.57 Å². The van der Waals surface area contributed by atoms with Crippen LogP contribution < -0.4 is 0 Å². The molecule has 1 aliphatic rings. The van der Waals surface area contributed by atoms with Crippen LogP contribution in [0.15, 0.2) is 0 Å². The molecule has 0 bridgehead atoms. The van der Waals surface area contributed by atoms with Crippen LogP contribution in [0.25, 0.3) is 0 Å². The zero-order valence-corrected chi connectivity index (χ0v) is 15.7. The maximum Gasteiger partial charge on any atom is 0.598 e. The molecule has 1 unspecified atom stereocenters. The van der Waals surface area contributed by atoms with Crippen molar-refractivity contribution in [3.8, 4) is 0 Å². The van der Waals surface area contributed by atoms with Gasteiger partial charge in [0.15, 0.2) is 0 Å².